The Morgan fingerprint density at radius 3 is 2.33 bits per heavy atom. The second-order valence-electron chi connectivity index (χ2n) is 7.80. The largest absolute Gasteiger partial charge is 0.359 e. The molecule has 0 bridgehead atoms. The molecule has 3 atom stereocenters. The minimum atomic E-state index is -1.53. The Kier molecular flexibility index (Phi) is 11.7. The SMILES string of the molecule is COCO[C@H](C#C[Si](C)(C)C)[C@@H](CCCCCl)N[S@@](=O)C(C)(C)C. The van der Waals surface area contributed by atoms with Crippen LogP contribution >= 0.6 is 11.6 Å². The third-order valence-corrected chi connectivity index (χ3v) is 5.82. The van der Waals surface area contributed by atoms with Crippen molar-refractivity contribution in [3.05, 3.63) is 0 Å². The van der Waals surface area contributed by atoms with Gasteiger partial charge in [-0.25, -0.2) is 8.93 Å². The lowest BCUT2D eigenvalue weighted by Crippen LogP contribution is -2.46. The fourth-order valence-electron chi connectivity index (χ4n) is 1.73. The molecule has 24 heavy (non-hydrogen) atoms. The number of hydrogen-bond acceptors (Lipinski definition) is 3. The molecule has 0 heterocycles. The standard InChI is InChI=1S/C17H34ClNO3SSi/c1-17(2,3)23(20)19-15(10-8-9-12-18)16(22-14-21-4)11-13-24(5,6)7/h15-16,19H,8-10,12,14H2,1-7H3/t15-,16-,23+/m1/s1. The third kappa shape index (κ3) is 11.6. The number of halogens is 1. The molecule has 142 valence electrons. The first-order chi connectivity index (χ1) is 11.0. The van der Waals surface area contributed by atoms with Crippen molar-refractivity contribution in [2.75, 3.05) is 19.8 Å². The first kappa shape index (κ1) is 24.1. The number of nitrogens with one attached hydrogen (secondary N) is 1. The van der Waals surface area contributed by atoms with E-state index in [1.165, 1.54) is 0 Å². The van der Waals surface area contributed by atoms with Gasteiger partial charge in [0.1, 0.15) is 21.0 Å². The summed E-state index contributed by atoms with van der Waals surface area (Å²) in [5, 5.41) is 0. The smallest absolute Gasteiger partial charge is 0.148 e. The molecule has 0 aromatic rings. The van der Waals surface area contributed by atoms with Crippen molar-refractivity contribution in [1.29, 1.82) is 0 Å². The number of unbranched alkanes of at least 4 members (excludes halogenated alkanes) is 1. The van der Waals surface area contributed by atoms with E-state index in [9.17, 15) is 4.21 Å². The Morgan fingerprint density at radius 2 is 1.88 bits per heavy atom. The van der Waals surface area contributed by atoms with Crippen molar-refractivity contribution in [3.63, 3.8) is 0 Å². The van der Waals surface area contributed by atoms with Crippen LogP contribution in [-0.2, 0) is 20.5 Å². The zero-order valence-electron chi connectivity index (χ0n) is 16.2. The second kappa shape index (κ2) is 11.7. The Bertz CT molecular complexity index is 438. The molecule has 0 aliphatic rings. The van der Waals surface area contributed by atoms with Crippen LogP contribution in [0.15, 0.2) is 0 Å². The van der Waals surface area contributed by atoms with E-state index < -0.39 is 19.1 Å². The summed E-state index contributed by atoms with van der Waals surface area (Å²) in [7, 11) is -1.12. The molecule has 0 fully saturated rings. The molecular formula is C17H34ClNO3SSi. The highest BCUT2D eigenvalue weighted by molar-refractivity contribution is 7.84. The van der Waals surface area contributed by atoms with E-state index in [0.717, 1.165) is 19.3 Å². The lowest BCUT2D eigenvalue weighted by molar-refractivity contribution is -0.0613. The van der Waals surface area contributed by atoms with Crippen LogP contribution in [0.25, 0.3) is 0 Å². The lowest BCUT2D eigenvalue weighted by Gasteiger charge is -2.28. The van der Waals surface area contributed by atoms with Crippen LogP contribution in [-0.4, -0.2) is 49.0 Å². The molecule has 4 nitrogen and oxygen atoms in total. The van der Waals surface area contributed by atoms with Crippen molar-refractivity contribution < 1.29 is 13.7 Å². The summed E-state index contributed by atoms with van der Waals surface area (Å²) >= 11 is 5.79. The van der Waals surface area contributed by atoms with Crippen LogP contribution in [0.5, 0.6) is 0 Å². The van der Waals surface area contributed by atoms with E-state index in [2.05, 4.69) is 35.8 Å². The highest BCUT2D eigenvalue weighted by Gasteiger charge is 2.27. The Hall–Kier alpha value is 0.0969. The average Bonchev–Trinajstić information content (AvgIpc) is 2.44. The van der Waals surface area contributed by atoms with Gasteiger partial charge in [-0.15, -0.1) is 17.1 Å². The quantitative estimate of drug-likeness (QED) is 0.202. The molecule has 0 spiro atoms. The minimum Gasteiger partial charge on any atom is -0.359 e. The Morgan fingerprint density at radius 1 is 1.25 bits per heavy atom. The maximum absolute atomic E-state index is 12.5. The number of hydrogen-bond donors (Lipinski definition) is 1. The molecular weight excluding hydrogens is 362 g/mol. The highest BCUT2D eigenvalue weighted by atomic mass is 35.5. The number of methoxy groups -OCH3 is 1. The summed E-state index contributed by atoms with van der Waals surface area (Å²) in [5.41, 5.74) is 3.36. The molecule has 1 N–H and O–H groups in total. The van der Waals surface area contributed by atoms with Gasteiger partial charge in [0.2, 0.25) is 0 Å². The van der Waals surface area contributed by atoms with Crippen molar-refractivity contribution in [1.82, 2.24) is 4.72 Å². The van der Waals surface area contributed by atoms with Gasteiger partial charge < -0.3 is 9.47 Å². The summed E-state index contributed by atoms with van der Waals surface area (Å²) in [5.74, 6) is 3.88. The summed E-state index contributed by atoms with van der Waals surface area (Å²) in [6.07, 6.45) is 2.31. The van der Waals surface area contributed by atoms with Crippen molar-refractivity contribution in [2.45, 2.75) is 76.6 Å². The molecule has 0 saturated heterocycles. The van der Waals surface area contributed by atoms with Crippen LogP contribution in [0.4, 0.5) is 0 Å². The molecule has 0 aliphatic heterocycles. The van der Waals surface area contributed by atoms with Crippen molar-refractivity contribution in [2.24, 2.45) is 0 Å². The monoisotopic (exact) mass is 395 g/mol. The van der Waals surface area contributed by atoms with Gasteiger partial charge in [0, 0.05) is 13.0 Å². The zero-order valence-corrected chi connectivity index (χ0v) is 18.8. The summed E-state index contributed by atoms with van der Waals surface area (Å²) in [6.45, 7) is 12.6. The fourth-order valence-corrected chi connectivity index (χ4v) is 3.37. The maximum Gasteiger partial charge on any atom is 0.148 e. The maximum atomic E-state index is 12.5. The topological polar surface area (TPSA) is 47.6 Å². The summed E-state index contributed by atoms with van der Waals surface area (Å²) in [4.78, 5) is 0. The molecule has 0 aliphatic carbocycles. The van der Waals surface area contributed by atoms with Gasteiger partial charge in [-0.1, -0.05) is 32.0 Å². The number of alkyl halides is 1. The third-order valence-electron chi connectivity index (χ3n) is 3.03. The Balaban J connectivity index is 5.28. The van der Waals surface area contributed by atoms with E-state index in [1.807, 2.05) is 20.8 Å². The van der Waals surface area contributed by atoms with Crippen LogP contribution in [0, 0.1) is 11.5 Å². The van der Waals surface area contributed by atoms with Crippen LogP contribution in [0.1, 0.15) is 40.0 Å². The van der Waals surface area contributed by atoms with Gasteiger partial charge in [0.05, 0.1) is 21.8 Å². The predicted molar refractivity (Wildman–Crippen MR) is 107 cm³/mol. The normalized spacial score (nSPS) is 16.2. The average molecular weight is 396 g/mol. The second-order valence-corrected chi connectivity index (χ2v) is 14.9. The molecule has 0 rings (SSSR count). The summed E-state index contributed by atoms with van der Waals surface area (Å²) < 4.78 is 26.3. The van der Waals surface area contributed by atoms with E-state index in [1.54, 1.807) is 7.11 Å². The van der Waals surface area contributed by atoms with Crippen LogP contribution in [0.3, 0.4) is 0 Å². The van der Waals surface area contributed by atoms with Crippen LogP contribution in [0.2, 0.25) is 19.6 Å². The minimum absolute atomic E-state index is 0.118. The zero-order chi connectivity index (χ0) is 18.8. The van der Waals surface area contributed by atoms with Gasteiger partial charge in [0.25, 0.3) is 0 Å². The van der Waals surface area contributed by atoms with Crippen LogP contribution < -0.4 is 4.72 Å². The summed E-state index contributed by atoms with van der Waals surface area (Å²) in [6, 6.07) is -0.118. The molecule has 0 saturated carbocycles. The molecule has 7 heteroatoms. The molecule has 0 aromatic carbocycles. The number of ether oxygens (including phenoxy) is 2. The van der Waals surface area contributed by atoms with Gasteiger partial charge >= 0.3 is 0 Å². The van der Waals surface area contributed by atoms with Crippen molar-refractivity contribution >= 4 is 30.7 Å². The predicted octanol–water partition coefficient (Wildman–Crippen LogP) is 3.69. The lowest BCUT2D eigenvalue weighted by atomic mass is 10.1. The molecule has 0 amide bonds. The van der Waals surface area contributed by atoms with E-state index in [4.69, 9.17) is 21.1 Å². The molecule has 0 radical (unpaired) electrons. The first-order valence-corrected chi connectivity index (χ1v) is 13.6. The Labute approximate surface area is 157 Å². The van der Waals surface area contributed by atoms with E-state index >= 15 is 0 Å². The number of rotatable bonds is 10. The highest BCUT2D eigenvalue weighted by Crippen LogP contribution is 2.15. The van der Waals surface area contributed by atoms with E-state index in [-0.39, 0.29) is 23.7 Å². The molecule has 0 aromatic heterocycles. The first-order valence-electron chi connectivity index (χ1n) is 8.38. The van der Waals surface area contributed by atoms with Gasteiger partial charge in [-0.3, -0.25) is 0 Å². The van der Waals surface area contributed by atoms with Gasteiger partial charge in [-0.2, -0.15) is 0 Å². The van der Waals surface area contributed by atoms with Gasteiger partial charge in [-0.05, 0) is 33.6 Å². The van der Waals surface area contributed by atoms with E-state index in [0.29, 0.717) is 5.88 Å². The fraction of sp³-hybridized carbons (Fsp3) is 0.882. The molecule has 0 unspecified atom stereocenters. The van der Waals surface area contributed by atoms with Crippen molar-refractivity contribution in [3.8, 4) is 11.5 Å². The van der Waals surface area contributed by atoms with Gasteiger partial charge in [0.15, 0.2) is 0 Å².